The summed E-state index contributed by atoms with van der Waals surface area (Å²) in [7, 11) is 0. The van der Waals surface area contributed by atoms with E-state index in [0.29, 0.717) is 38.9 Å². The second-order valence-corrected chi connectivity index (χ2v) is 6.20. The highest BCUT2D eigenvalue weighted by molar-refractivity contribution is 5.71. The van der Waals surface area contributed by atoms with Crippen LogP contribution in [-0.4, -0.2) is 30.3 Å². The molecule has 2 rings (SSSR count). The molecule has 0 saturated carbocycles. The number of benzene rings is 2. The van der Waals surface area contributed by atoms with Gasteiger partial charge in [0.1, 0.15) is 5.75 Å². The molecular weight excluding hydrogens is 344 g/mol. The highest BCUT2D eigenvalue weighted by atomic mass is 16.5. The molecule has 0 amide bonds. The summed E-state index contributed by atoms with van der Waals surface area (Å²) >= 11 is 0. The summed E-state index contributed by atoms with van der Waals surface area (Å²) in [6.07, 6.45) is 2.39. The van der Waals surface area contributed by atoms with Crippen molar-refractivity contribution in [3.05, 3.63) is 54.1 Å². The van der Waals surface area contributed by atoms with E-state index in [0.717, 1.165) is 22.4 Å². The highest BCUT2D eigenvalue weighted by Gasteiger charge is 2.09. The van der Waals surface area contributed by atoms with Crippen LogP contribution in [-0.2, 0) is 20.7 Å². The third-order valence-corrected chi connectivity index (χ3v) is 4.07. The summed E-state index contributed by atoms with van der Waals surface area (Å²) in [6, 6.07) is 15.9. The second kappa shape index (κ2) is 11.0. The summed E-state index contributed by atoms with van der Waals surface area (Å²) in [5.41, 5.74) is 3.09. The van der Waals surface area contributed by atoms with E-state index in [1.807, 2.05) is 42.5 Å². The van der Waals surface area contributed by atoms with E-state index in [2.05, 4.69) is 6.07 Å². The van der Waals surface area contributed by atoms with Gasteiger partial charge in [-0.25, -0.2) is 0 Å². The zero-order valence-electron chi connectivity index (χ0n) is 15.6. The molecule has 0 atom stereocenters. The number of aliphatic carboxylic acids is 1. The Hall–Kier alpha value is -2.82. The Bertz CT molecular complexity index is 740. The maximum absolute atomic E-state index is 11.4. The van der Waals surface area contributed by atoms with E-state index in [9.17, 15) is 9.59 Å². The van der Waals surface area contributed by atoms with E-state index < -0.39 is 5.97 Å². The lowest BCUT2D eigenvalue weighted by atomic mass is 9.99. The predicted octanol–water partition coefficient (Wildman–Crippen LogP) is 4.48. The number of esters is 1. The molecule has 0 unspecified atom stereocenters. The lowest BCUT2D eigenvalue weighted by molar-refractivity contribution is -0.143. The molecule has 1 N–H and O–H groups in total. The summed E-state index contributed by atoms with van der Waals surface area (Å²) in [6.45, 7) is 2.61. The Labute approximate surface area is 159 Å². The lowest BCUT2D eigenvalue weighted by Crippen LogP contribution is -2.07. The van der Waals surface area contributed by atoms with Crippen LogP contribution < -0.4 is 4.74 Å². The van der Waals surface area contributed by atoms with Gasteiger partial charge in [-0.05, 0) is 49.4 Å². The lowest BCUT2D eigenvalue weighted by Gasteiger charge is -2.14. The first-order valence-corrected chi connectivity index (χ1v) is 9.28. The number of carbonyl (C=O) groups excluding carboxylic acids is 1. The summed E-state index contributed by atoms with van der Waals surface area (Å²) in [5.74, 6) is -0.231. The minimum absolute atomic E-state index is 0.160. The fourth-order valence-electron chi connectivity index (χ4n) is 2.78. The third kappa shape index (κ3) is 7.13. The zero-order valence-corrected chi connectivity index (χ0v) is 15.6. The van der Waals surface area contributed by atoms with Crippen LogP contribution in [0.25, 0.3) is 11.1 Å². The van der Waals surface area contributed by atoms with Crippen LogP contribution in [0.4, 0.5) is 0 Å². The van der Waals surface area contributed by atoms with E-state index in [1.54, 1.807) is 6.92 Å². The van der Waals surface area contributed by atoms with E-state index in [4.69, 9.17) is 14.6 Å². The van der Waals surface area contributed by atoms with Crippen molar-refractivity contribution in [1.82, 2.24) is 0 Å². The van der Waals surface area contributed by atoms with Crippen molar-refractivity contribution in [1.29, 1.82) is 0 Å². The van der Waals surface area contributed by atoms with Crippen LogP contribution in [0.1, 0.15) is 38.2 Å². The number of hydrogen-bond donors (Lipinski definition) is 1. The van der Waals surface area contributed by atoms with Gasteiger partial charge in [-0.15, -0.1) is 0 Å². The Kier molecular flexibility index (Phi) is 8.36. The fourth-order valence-corrected chi connectivity index (χ4v) is 2.78. The number of rotatable bonds is 11. The minimum atomic E-state index is -0.778. The maximum Gasteiger partial charge on any atom is 0.305 e. The Morgan fingerprint density at radius 3 is 2.48 bits per heavy atom. The first-order valence-electron chi connectivity index (χ1n) is 9.28. The molecule has 0 radical (unpaired) electrons. The minimum Gasteiger partial charge on any atom is -0.493 e. The van der Waals surface area contributed by atoms with E-state index >= 15 is 0 Å². The summed E-state index contributed by atoms with van der Waals surface area (Å²) < 4.78 is 10.8. The van der Waals surface area contributed by atoms with Crippen LogP contribution in [0.2, 0.25) is 0 Å². The van der Waals surface area contributed by atoms with Crippen LogP contribution in [0.15, 0.2) is 48.5 Å². The van der Waals surface area contributed by atoms with Crippen LogP contribution >= 0.6 is 0 Å². The van der Waals surface area contributed by atoms with Gasteiger partial charge in [0.25, 0.3) is 0 Å². The van der Waals surface area contributed by atoms with Crippen molar-refractivity contribution >= 4 is 11.9 Å². The number of carbonyl (C=O) groups is 2. The predicted molar refractivity (Wildman–Crippen MR) is 104 cm³/mol. The van der Waals surface area contributed by atoms with E-state index in [-0.39, 0.29) is 12.4 Å². The van der Waals surface area contributed by atoms with Gasteiger partial charge < -0.3 is 14.6 Å². The Morgan fingerprint density at radius 2 is 1.78 bits per heavy atom. The number of aryl methyl sites for hydroxylation is 1. The number of carboxylic acids is 1. The molecule has 0 aromatic heterocycles. The normalized spacial score (nSPS) is 10.4. The van der Waals surface area contributed by atoms with E-state index in [1.165, 1.54) is 0 Å². The molecule has 0 heterocycles. The summed E-state index contributed by atoms with van der Waals surface area (Å²) in [5, 5.41) is 8.81. The standard InChI is InChI=1S/C22H26O5/c1-2-26-22(25)12-7-15-27-20-14-13-17(8-6-11-21(23)24)16-19(20)18-9-4-3-5-10-18/h3-5,9-10,13-14,16H,2,6-8,11-12,15H2,1H3,(H,23,24). The van der Waals surface area contributed by atoms with Gasteiger partial charge in [0.2, 0.25) is 0 Å². The molecular formula is C22H26O5. The molecule has 0 saturated heterocycles. The highest BCUT2D eigenvalue weighted by Crippen LogP contribution is 2.31. The number of ether oxygens (including phenoxy) is 2. The van der Waals surface area contributed by atoms with Crippen LogP contribution in [0.3, 0.4) is 0 Å². The smallest absolute Gasteiger partial charge is 0.305 e. The average molecular weight is 370 g/mol. The van der Waals surface area contributed by atoms with Crippen molar-refractivity contribution in [2.45, 2.75) is 39.0 Å². The molecule has 0 spiro atoms. The molecule has 0 fully saturated rings. The monoisotopic (exact) mass is 370 g/mol. The maximum atomic E-state index is 11.4. The molecule has 0 aliphatic carbocycles. The molecule has 0 aliphatic rings. The van der Waals surface area contributed by atoms with Crippen molar-refractivity contribution in [3.8, 4) is 16.9 Å². The Morgan fingerprint density at radius 1 is 1.00 bits per heavy atom. The van der Waals surface area contributed by atoms with Gasteiger partial charge in [-0.3, -0.25) is 9.59 Å². The zero-order chi connectivity index (χ0) is 19.5. The van der Waals surface area contributed by atoms with Gasteiger partial charge in [-0.1, -0.05) is 36.4 Å². The molecule has 2 aromatic rings. The molecule has 0 aliphatic heterocycles. The molecule has 144 valence electrons. The SMILES string of the molecule is CCOC(=O)CCCOc1ccc(CCCC(=O)O)cc1-c1ccccc1. The average Bonchev–Trinajstić information content (AvgIpc) is 2.66. The molecule has 5 nitrogen and oxygen atoms in total. The third-order valence-electron chi connectivity index (χ3n) is 4.07. The first kappa shape index (κ1) is 20.5. The van der Waals surface area contributed by atoms with Crippen molar-refractivity contribution in [3.63, 3.8) is 0 Å². The molecule has 2 aromatic carbocycles. The van der Waals surface area contributed by atoms with Crippen molar-refractivity contribution in [2.24, 2.45) is 0 Å². The van der Waals surface area contributed by atoms with Gasteiger partial charge in [0.15, 0.2) is 0 Å². The van der Waals surface area contributed by atoms with Crippen molar-refractivity contribution in [2.75, 3.05) is 13.2 Å². The van der Waals surface area contributed by atoms with Crippen LogP contribution in [0, 0.1) is 0 Å². The second-order valence-electron chi connectivity index (χ2n) is 6.20. The summed E-state index contributed by atoms with van der Waals surface area (Å²) in [4.78, 5) is 22.1. The van der Waals surface area contributed by atoms with Crippen molar-refractivity contribution < 1.29 is 24.2 Å². The van der Waals surface area contributed by atoms with Crippen LogP contribution in [0.5, 0.6) is 5.75 Å². The van der Waals surface area contributed by atoms with Gasteiger partial charge >= 0.3 is 11.9 Å². The van der Waals surface area contributed by atoms with Gasteiger partial charge in [0.05, 0.1) is 13.2 Å². The molecule has 27 heavy (non-hydrogen) atoms. The van der Waals surface area contributed by atoms with Gasteiger partial charge in [0, 0.05) is 18.4 Å². The number of hydrogen-bond acceptors (Lipinski definition) is 4. The first-order chi connectivity index (χ1) is 13.1. The quantitative estimate of drug-likeness (QED) is 0.466. The topological polar surface area (TPSA) is 72.8 Å². The molecule has 0 bridgehead atoms. The largest absolute Gasteiger partial charge is 0.493 e. The fraction of sp³-hybridized carbons (Fsp3) is 0.364. The molecule has 5 heteroatoms. The Balaban J connectivity index is 2.06. The van der Waals surface area contributed by atoms with Gasteiger partial charge in [-0.2, -0.15) is 0 Å². The number of carboxylic acid groups (broad SMARTS) is 1.